The van der Waals surface area contributed by atoms with Gasteiger partial charge in [-0.05, 0) is 39.7 Å². The SMILES string of the molecule is CC(C)CCCCCCNCc1cn(C(C)(C)C)nn1. The fourth-order valence-electron chi connectivity index (χ4n) is 2.08. The molecule has 0 unspecified atom stereocenters. The maximum atomic E-state index is 4.20. The molecular formula is C16H32N4. The van der Waals surface area contributed by atoms with Crippen LogP contribution in [0.1, 0.15) is 72.4 Å². The fourth-order valence-corrected chi connectivity index (χ4v) is 2.08. The van der Waals surface area contributed by atoms with Crippen molar-refractivity contribution in [1.29, 1.82) is 0 Å². The van der Waals surface area contributed by atoms with E-state index < -0.39 is 0 Å². The molecule has 0 saturated carbocycles. The smallest absolute Gasteiger partial charge is 0.0965 e. The molecule has 1 N–H and O–H groups in total. The lowest BCUT2D eigenvalue weighted by atomic mass is 10.0. The van der Waals surface area contributed by atoms with Crippen molar-refractivity contribution in [1.82, 2.24) is 20.3 Å². The molecule has 0 fully saturated rings. The third-order valence-electron chi connectivity index (χ3n) is 3.42. The average Bonchev–Trinajstić information content (AvgIpc) is 2.80. The van der Waals surface area contributed by atoms with E-state index in [2.05, 4.69) is 50.2 Å². The van der Waals surface area contributed by atoms with Gasteiger partial charge < -0.3 is 5.32 Å². The van der Waals surface area contributed by atoms with Gasteiger partial charge in [0.2, 0.25) is 0 Å². The first kappa shape index (κ1) is 17.2. The minimum atomic E-state index is 0.0155. The largest absolute Gasteiger partial charge is 0.311 e. The van der Waals surface area contributed by atoms with E-state index >= 15 is 0 Å². The predicted molar refractivity (Wildman–Crippen MR) is 84.6 cm³/mol. The molecule has 0 aliphatic heterocycles. The molecule has 20 heavy (non-hydrogen) atoms. The van der Waals surface area contributed by atoms with Crippen molar-refractivity contribution in [2.45, 2.75) is 78.8 Å². The van der Waals surface area contributed by atoms with Crippen LogP contribution in [0.4, 0.5) is 0 Å². The molecule has 4 heteroatoms. The average molecular weight is 280 g/mol. The van der Waals surface area contributed by atoms with Crippen molar-refractivity contribution in [3.05, 3.63) is 11.9 Å². The molecule has 1 rings (SSSR count). The molecule has 0 aliphatic rings. The number of nitrogens with one attached hydrogen (secondary N) is 1. The molecule has 0 radical (unpaired) electrons. The summed E-state index contributed by atoms with van der Waals surface area (Å²) in [6.07, 6.45) is 8.72. The number of rotatable bonds is 9. The first-order valence-electron chi connectivity index (χ1n) is 8.02. The van der Waals surface area contributed by atoms with Gasteiger partial charge in [0.25, 0.3) is 0 Å². The van der Waals surface area contributed by atoms with E-state index in [0.29, 0.717) is 0 Å². The first-order chi connectivity index (χ1) is 9.39. The first-order valence-corrected chi connectivity index (χ1v) is 8.02. The normalized spacial score (nSPS) is 12.3. The molecule has 0 saturated heterocycles. The molecule has 0 amide bonds. The fraction of sp³-hybridized carbons (Fsp3) is 0.875. The highest BCUT2D eigenvalue weighted by Gasteiger charge is 2.14. The van der Waals surface area contributed by atoms with Crippen LogP contribution < -0.4 is 5.32 Å². The quantitative estimate of drug-likeness (QED) is 0.701. The zero-order valence-corrected chi connectivity index (χ0v) is 13.9. The van der Waals surface area contributed by atoms with E-state index in [1.807, 2.05) is 10.9 Å². The van der Waals surface area contributed by atoms with Gasteiger partial charge >= 0.3 is 0 Å². The van der Waals surface area contributed by atoms with Crippen LogP contribution in [-0.2, 0) is 12.1 Å². The number of unbranched alkanes of at least 4 members (excludes halogenated alkanes) is 3. The Morgan fingerprint density at radius 3 is 2.45 bits per heavy atom. The monoisotopic (exact) mass is 280 g/mol. The van der Waals surface area contributed by atoms with Crippen molar-refractivity contribution >= 4 is 0 Å². The van der Waals surface area contributed by atoms with E-state index in [0.717, 1.165) is 24.7 Å². The molecule has 0 aromatic carbocycles. The second-order valence-electron chi connectivity index (χ2n) is 7.10. The summed E-state index contributed by atoms with van der Waals surface area (Å²) in [5.41, 5.74) is 1.04. The second kappa shape index (κ2) is 8.40. The van der Waals surface area contributed by atoms with E-state index in [1.54, 1.807) is 0 Å². The van der Waals surface area contributed by atoms with Gasteiger partial charge in [-0.2, -0.15) is 0 Å². The summed E-state index contributed by atoms with van der Waals surface area (Å²) in [4.78, 5) is 0. The molecule has 0 atom stereocenters. The Morgan fingerprint density at radius 1 is 1.15 bits per heavy atom. The maximum Gasteiger partial charge on any atom is 0.0965 e. The Labute approximate surface area is 124 Å². The zero-order valence-electron chi connectivity index (χ0n) is 13.9. The van der Waals surface area contributed by atoms with Crippen molar-refractivity contribution in [3.8, 4) is 0 Å². The highest BCUT2D eigenvalue weighted by Crippen LogP contribution is 2.11. The standard InChI is InChI=1S/C16H32N4/c1-14(2)10-8-6-7-9-11-17-12-15-13-20(19-18-15)16(3,4)5/h13-14,17H,6-12H2,1-5H3. The lowest BCUT2D eigenvalue weighted by Crippen LogP contribution is -2.22. The molecule has 1 aromatic heterocycles. The van der Waals surface area contributed by atoms with Gasteiger partial charge in [0.15, 0.2) is 0 Å². The maximum absolute atomic E-state index is 4.20. The topological polar surface area (TPSA) is 42.7 Å². The highest BCUT2D eigenvalue weighted by molar-refractivity contribution is 4.93. The van der Waals surface area contributed by atoms with E-state index in [4.69, 9.17) is 0 Å². The lowest BCUT2D eigenvalue weighted by Gasteiger charge is -2.17. The van der Waals surface area contributed by atoms with Crippen LogP contribution in [0.2, 0.25) is 0 Å². The van der Waals surface area contributed by atoms with Crippen LogP contribution in [0.3, 0.4) is 0 Å². The van der Waals surface area contributed by atoms with Gasteiger partial charge in [-0.3, -0.25) is 0 Å². The molecule has 4 nitrogen and oxygen atoms in total. The van der Waals surface area contributed by atoms with Crippen LogP contribution >= 0.6 is 0 Å². The van der Waals surface area contributed by atoms with Crippen molar-refractivity contribution in [2.24, 2.45) is 5.92 Å². The Kier molecular flexibility index (Phi) is 7.20. The van der Waals surface area contributed by atoms with Crippen LogP contribution in [0.15, 0.2) is 6.20 Å². The number of aromatic nitrogens is 3. The van der Waals surface area contributed by atoms with E-state index in [9.17, 15) is 0 Å². The molecule has 0 bridgehead atoms. The highest BCUT2D eigenvalue weighted by atomic mass is 15.4. The van der Waals surface area contributed by atoms with Gasteiger partial charge in [-0.15, -0.1) is 5.10 Å². The van der Waals surface area contributed by atoms with Gasteiger partial charge in [0, 0.05) is 6.54 Å². The summed E-state index contributed by atoms with van der Waals surface area (Å²) >= 11 is 0. The van der Waals surface area contributed by atoms with Gasteiger partial charge in [-0.25, -0.2) is 4.68 Å². The van der Waals surface area contributed by atoms with Crippen LogP contribution in [0, 0.1) is 5.92 Å². The lowest BCUT2D eigenvalue weighted by molar-refractivity contribution is 0.347. The van der Waals surface area contributed by atoms with Gasteiger partial charge in [-0.1, -0.05) is 44.7 Å². The molecule has 1 heterocycles. The van der Waals surface area contributed by atoms with Gasteiger partial charge in [0.05, 0.1) is 17.4 Å². The Balaban J connectivity index is 2.06. The molecule has 0 spiro atoms. The number of hydrogen-bond acceptors (Lipinski definition) is 3. The van der Waals surface area contributed by atoms with Crippen LogP contribution in [0.5, 0.6) is 0 Å². The summed E-state index contributed by atoms with van der Waals surface area (Å²) in [7, 11) is 0. The minimum Gasteiger partial charge on any atom is -0.311 e. The van der Waals surface area contributed by atoms with E-state index in [-0.39, 0.29) is 5.54 Å². The summed E-state index contributed by atoms with van der Waals surface area (Å²) < 4.78 is 1.93. The predicted octanol–water partition coefficient (Wildman–Crippen LogP) is 3.73. The Bertz CT molecular complexity index is 363. The third-order valence-corrected chi connectivity index (χ3v) is 3.42. The number of nitrogens with zero attached hydrogens (tertiary/aromatic N) is 3. The Morgan fingerprint density at radius 2 is 1.85 bits per heavy atom. The Hall–Kier alpha value is -0.900. The minimum absolute atomic E-state index is 0.0155. The van der Waals surface area contributed by atoms with Crippen LogP contribution in [-0.4, -0.2) is 21.5 Å². The third kappa shape index (κ3) is 7.04. The molecule has 116 valence electrons. The van der Waals surface area contributed by atoms with Crippen molar-refractivity contribution in [2.75, 3.05) is 6.54 Å². The van der Waals surface area contributed by atoms with Crippen molar-refractivity contribution < 1.29 is 0 Å². The summed E-state index contributed by atoms with van der Waals surface area (Å²) in [6, 6.07) is 0. The van der Waals surface area contributed by atoms with Crippen LogP contribution in [0.25, 0.3) is 0 Å². The number of hydrogen-bond donors (Lipinski definition) is 1. The van der Waals surface area contributed by atoms with Crippen molar-refractivity contribution in [3.63, 3.8) is 0 Å². The summed E-state index contributed by atoms with van der Waals surface area (Å²) in [5.74, 6) is 0.846. The van der Waals surface area contributed by atoms with E-state index in [1.165, 1.54) is 32.1 Å². The molecule has 0 aliphatic carbocycles. The summed E-state index contributed by atoms with van der Waals surface area (Å²) in [5, 5.41) is 11.8. The zero-order chi connectivity index (χ0) is 15.0. The molecule has 1 aromatic rings. The second-order valence-corrected chi connectivity index (χ2v) is 7.10. The summed E-state index contributed by atoms with van der Waals surface area (Å²) in [6.45, 7) is 12.9. The van der Waals surface area contributed by atoms with Gasteiger partial charge in [0.1, 0.15) is 0 Å². The molecular weight excluding hydrogens is 248 g/mol.